The van der Waals surface area contributed by atoms with Gasteiger partial charge >= 0.3 is 0 Å². The van der Waals surface area contributed by atoms with E-state index in [1.807, 2.05) is 53.1 Å². The maximum absolute atomic E-state index is 12.5. The fourth-order valence-electron chi connectivity index (χ4n) is 3.49. The van der Waals surface area contributed by atoms with Crippen LogP contribution in [0.2, 0.25) is 0 Å². The summed E-state index contributed by atoms with van der Waals surface area (Å²) in [6.45, 7) is 0.392. The van der Waals surface area contributed by atoms with Crippen molar-refractivity contribution >= 4 is 32.7 Å². The molecule has 1 saturated heterocycles. The van der Waals surface area contributed by atoms with Gasteiger partial charge in [0.25, 0.3) is 0 Å². The van der Waals surface area contributed by atoms with Gasteiger partial charge in [-0.05, 0) is 49.2 Å². The number of rotatable bonds is 4. The first kappa shape index (κ1) is 17.7. The molecule has 0 radical (unpaired) electrons. The Morgan fingerprint density at radius 1 is 1.15 bits per heavy atom. The van der Waals surface area contributed by atoms with Gasteiger partial charge in [-0.1, -0.05) is 12.1 Å². The van der Waals surface area contributed by atoms with Crippen molar-refractivity contribution in [3.63, 3.8) is 0 Å². The van der Waals surface area contributed by atoms with Gasteiger partial charge in [0.2, 0.25) is 15.9 Å². The number of fused-ring (bicyclic) bond motifs is 1. The van der Waals surface area contributed by atoms with Crippen LogP contribution in [0.4, 0.5) is 5.69 Å². The minimum atomic E-state index is -3.38. The molecular weight excluding hydrogens is 364 g/mol. The topological polar surface area (TPSA) is 84.3 Å². The summed E-state index contributed by atoms with van der Waals surface area (Å²) in [5.41, 5.74) is 3.48. The smallest absolute Gasteiger partial charge is 0.242 e. The normalized spacial score (nSPS) is 18.0. The van der Waals surface area contributed by atoms with Gasteiger partial charge in [-0.2, -0.15) is 4.31 Å². The average molecular weight is 384 g/mol. The van der Waals surface area contributed by atoms with Crippen molar-refractivity contribution in [3.05, 3.63) is 54.9 Å². The molecule has 7 nitrogen and oxygen atoms in total. The van der Waals surface area contributed by atoms with Crippen LogP contribution in [0.1, 0.15) is 12.8 Å². The van der Waals surface area contributed by atoms with Crippen molar-refractivity contribution in [3.8, 4) is 5.69 Å². The van der Waals surface area contributed by atoms with Crippen LogP contribution in [0.5, 0.6) is 0 Å². The zero-order valence-corrected chi connectivity index (χ0v) is 15.7. The predicted octanol–water partition coefficient (Wildman–Crippen LogP) is 2.39. The molecule has 1 N–H and O–H groups in total. The third-order valence-electron chi connectivity index (χ3n) is 4.80. The summed E-state index contributed by atoms with van der Waals surface area (Å²) in [5.74, 6) is -0.293. The van der Waals surface area contributed by atoms with Crippen molar-refractivity contribution in [1.29, 1.82) is 0 Å². The van der Waals surface area contributed by atoms with Crippen LogP contribution in [0, 0.1) is 0 Å². The molecule has 3 aromatic rings. The molecule has 4 rings (SSSR count). The number of nitrogens with one attached hydrogen (secondary N) is 1. The largest absolute Gasteiger partial charge is 0.325 e. The van der Waals surface area contributed by atoms with Crippen LogP contribution in [-0.4, -0.2) is 47.0 Å². The number of hydrogen-bond donors (Lipinski definition) is 1. The van der Waals surface area contributed by atoms with Crippen LogP contribution in [0.3, 0.4) is 0 Å². The summed E-state index contributed by atoms with van der Waals surface area (Å²) >= 11 is 0. The number of anilines is 1. The van der Waals surface area contributed by atoms with Gasteiger partial charge in [-0.3, -0.25) is 9.36 Å². The minimum absolute atomic E-state index is 0.293. The zero-order chi connectivity index (χ0) is 19.0. The highest BCUT2D eigenvalue weighted by molar-refractivity contribution is 7.88. The van der Waals surface area contributed by atoms with Crippen molar-refractivity contribution in [2.45, 2.75) is 18.9 Å². The molecule has 1 aromatic heterocycles. The number of aromatic nitrogens is 2. The molecule has 1 aliphatic heterocycles. The Labute approximate surface area is 157 Å². The number of amides is 1. The van der Waals surface area contributed by atoms with Crippen molar-refractivity contribution in [1.82, 2.24) is 13.9 Å². The van der Waals surface area contributed by atoms with E-state index in [2.05, 4.69) is 10.3 Å². The van der Waals surface area contributed by atoms with E-state index in [1.165, 1.54) is 4.31 Å². The van der Waals surface area contributed by atoms with E-state index in [0.29, 0.717) is 25.1 Å². The molecule has 1 atom stereocenters. The summed E-state index contributed by atoms with van der Waals surface area (Å²) < 4.78 is 26.9. The molecule has 2 heterocycles. The summed E-state index contributed by atoms with van der Waals surface area (Å²) in [6, 6.07) is 14.6. The Morgan fingerprint density at radius 2 is 1.89 bits per heavy atom. The number of hydrogen-bond acceptors (Lipinski definition) is 4. The fraction of sp³-hybridized carbons (Fsp3) is 0.263. The summed E-state index contributed by atoms with van der Waals surface area (Å²) in [7, 11) is -3.38. The lowest BCUT2D eigenvalue weighted by molar-refractivity contribution is -0.119. The first-order valence-electron chi connectivity index (χ1n) is 8.74. The van der Waals surface area contributed by atoms with Gasteiger partial charge in [-0.25, -0.2) is 13.4 Å². The van der Waals surface area contributed by atoms with Crippen LogP contribution < -0.4 is 5.32 Å². The van der Waals surface area contributed by atoms with E-state index in [1.54, 1.807) is 6.33 Å². The standard InChI is InChI=1S/C19H20N4O3S/c1-27(25,26)23-12-4-7-18(23)19(24)21-14-8-10-15(11-9-14)22-13-20-16-5-2-3-6-17(16)22/h2-3,5-6,8-11,13,18H,4,7,12H2,1H3,(H,21,24). The van der Waals surface area contributed by atoms with E-state index in [0.717, 1.165) is 23.0 Å². The van der Waals surface area contributed by atoms with Gasteiger partial charge in [0.15, 0.2) is 0 Å². The number of carbonyl (C=O) groups excluding carboxylic acids is 1. The number of para-hydroxylation sites is 2. The third kappa shape index (κ3) is 3.45. The zero-order valence-electron chi connectivity index (χ0n) is 14.9. The molecule has 0 bridgehead atoms. The van der Waals surface area contributed by atoms with E-state index < -0.39 is 16.1 Å². The lowest BCUT2D eigenvalue weighted by atomic mass is 10.2. The first-order chi connectivity index (χ1) is 12.9. The molecule has 1 fully saturated rings. The molecule has 0 aliphatic carbocycles. The van der Waals surface area contributed by atoms with E-state index in [4.69, 9.17) is 0 Å². The van der Waals surface area contributed by atoms with Gasteiger partial charge in [0.1, 0.15) is 12.4 Å². The molecular formula is C19H20N4O3S. The second kappa shape index (κ2) is 6.79. The molecule has 0 spiro atoms. The summed E-state index contributed by atoms with van der Waals surface area (Å²) in [6.07, 6.45) is 4.14. The van der Waals surface area contributed by atoms with Crippen molar-refractivity contribution < 1.29 is 13.2 Å². The molecule has 1 amide bonds. The minimum Gasteiger partial charge on any atom is -0.325 e. The number of benzene rings is 2. The van der Waals surface area contributed by atoms with Gasteiger partial charge < -0.3 is 5.32 Å². The van der Waals surface area contributed by atoms with Crippen molar-refractivity contribution in [2.24, 2.45) is 0 Å². The molecule has 1 aliphatic rings. The molecule has 27 heavy (non-hydrogen) atoms. The van der Waals surface area contributed by atoms with Crippen LogP contribution in [0.15, 0.2) is 54.9 Å². The Bertz CT molecular complexity index is 1090. The van der Waals surface area contributed by atoms with E-state index in [-0.39, 0.29) is 5.91 Å². The molecule has 2 aromatic carbocycles. The lowest BCUT2D eigenvalue weighted by Crippen LogP contribution is -2.42. The highest BCUT2D eigenvalue weighted by Gasteiger charge is 2.36. The van der Waals surface area contributed by atoms with Gasteiger partial charge in [0.05, 0.1) is 17.3 Å². The Hall–Kier alpha value is -2.71. The second-order valence-corrected chi connectivity index (χ2v) is 8.61. The van der Waals surface area contributed by atoms with Crippen molar-refractivity contribution in [2.75, 3.05) is 18.1 Å². The fourth-order valence-corrected chi connectivity index (χ4v) is 4.62. The SMILES string of the molecule is CS(=O)(=O)N1CCCC1C(=O)Nc1ccc(-n2cnc3ccccc32)cc1. The second-order valence-electron chi connectivity index (χ2n) is 6.67. The Kier molecular flexibility index (Phi) is 4.45. The molecule has 140 valence electrons. The number of nitrogens with zero attached hydrogens (tertiary/aromatic N) is 3. The monoisotopic (exact) mass is 384 g/mol. The maximum Gasteiger partial charge on any atom is 0.242 e. The molecule has 0 saturated carbocycles. The molecule has 1 unspecified atom stereocenters. The number of carbonyl (C=O) groups is 1. The average Bonchev–Trinajstić information content (AvgIpc) is 3.29. The maximum atomic E-state index is 12.5. The third-order valence-corrected chi connectivity index (χ3v) is 6.09. The Balaban J connectivity index is 1.52. The van der Waals surface area contributed by atoms with Gasteiger partial charge in [-0.15, -0.1) is 0 Å². The van der Waals surface area contributed by atoms with E-state index in [9.17, 15) is 13.2 Å². The molecule has 8 heteroatoms. The highest BCUT2D eigenvalue weighted by atomic mass is 32.2. The first-order valence-corrected chi connectivity index (χ1v) is 10.6. The summed E-state index contributed by atoms with van der Waals surface area (Å²) in [4.78, 5) is 16.9. The lowest BCUT2D eigenvalue weighted by Gasteiger charge is -2.21. The van der Waals surface area contributed by atoms with Crippen LogP contribution in [0.25, 0.3) is 16.7 Å². The highest BCUT2D eigenvalue weighted by Crippen LogP contribution is 2.23. The van der Waals surface area contributed by atoms with Gasteiger partial charge in [0, 0.05) is 17.9 Å². The summed E-state index contributed by atoms with van der Waals surface area (Å²) in [5, 5.41) is 2.83. The van der Waals surface area contributed by atoms with Crippen LogP contribution >= 0.6 is 0 Å². The van der Waals surface area contributed by atoms with E-state index >= 15 is 0 Å². The van der Waals surface area contributed by atoms with Crippen LogP contribution in [-0.2, 0) is 14.8 Å². The quantitative estimate of drug-likeness (QED) is 0.749. The Morgan fingerprint density at radius 3 is 2.63 bits per heavy atom. The predicted molar refractivity (Wildman–Crippen MR) is 104 cm³/mol. The number of sulfonamides is 1. The number of imidazole rings is 1.